The van der Waals surface area contributed by atoms with Gasteiger partial charge in [-0.25, -0.2) is 14.4 Å². The van der Waals surface area contributed by atoms with Gasteiger partial charge in [-0.2, -0.15) is 24.9 Å². The van der Waals surface area contributed by atoms with E-state index in [2.05, 4.69) is 9.97 Å². The smallest absolute Gasteiger partial charge is 0.383 e. The van der Waals surface area contributed by atoms with Crippen LogP contribution in [0.3, 0.4) is 0 Å². The van der Waals surface area contributed by atoms with Gasteiger partial charge in [0.05, 0.1) is 11.3 Å². The predicted molar refractivity (Wildman–Crippen MR) is 71.8 cm³/mol. The largest absolute Gasteiger partial charge is 0.417 e. The molecule has 21 heavy (non-hydrogen) atoms. The van der Waals surface area contributed by atoms with Crippen LogP contribution >= 0.6 is 11.8 Å². The molecule has 0 aliphatic carbocycles. The topological polar surface area (TPSA) is 51.8 Å². The van der Waals surface area contributed by atoms with Gasteiger partial charge in [0.15, 0.2) is 5.82 Å². The normalized spacial score (nSPS) is 14.3. The van der Waals surface area contributed by atoms with Crippen LogP contribution in [-0.2, 0) is 17.7 Å². The highest BCUT2D eigenvalue weighted by molar-refractivity contribution is 7.98. The lowest BCUT2D eigenvalue weighted by Gasteiger charge is -2.13. The van der Waals surface area contributed by atoms with Crippen molar-refractivity contribution < 1.29 is 17.6 Å². The maximum absolute atomic E-state index is 13.1. The second kappa shape index (κ2) is 4.87. The number of alkyl halides is 3. The van der Waals surface area contributed by atoms with Gasteiger partial charge < -0.3 is 5.73 Å². The van der Waals surface area contributed by atoms with Crippen molar-refractivity contribution >= 4 is 17.6 Å². The molecular formula is C13H9F4N3S. The number of nitrogens with two attached hydrogens (primary N) is 1. The molecule has 2 heterocycles. The lowest BCUT2D eigenvalue weighted by atomic mass is 10.1. The number of hydrogen-bond donors (Lipinski definition) is 1. The Kier molecular flexibility index (Phi) is 3.27. The minimum Gasteiger partial charge on any atom is -0.383 e. The molecule has 2 aromatic rings. The van der Waals surface area contributed by atoms with Gasteiger partial charge in [-0.1, -0.05) is 0 Å². The molecule has 2 N–H and O–H groups in total. The molecule has 0 fully saturated rings. The quantitative estimate of drug-likeness (QED) is 0.817. The van der Waals surface area contributed by atoms with Gasteiger partial charge >= 0.3 is 6.18 Å². The third-order valence-corrected chi connectivity index (χ3v) is 4.11. The highest BCUT2D eigenvalue weighted by Crippen LogP contribution is 2.38. The number of aromatic nitrogens is 2. The van der Waals surface area contributed by atoms with Crippen LogP contribution in [0.4, 0.5) is 23.4 Å². The number of fused-ring (bicyclic) bond motifs is 1. The summed E-state index contributed by atoms with van der Waals surface area (Å²) in [7, 11) is 0. The molecule has 0 saturated heterocycles. The van der Waals surface area contributed by atoms with Gasteiger partial charge in [-0.3, -0.25) is 0 Å². The summed E-state index contributed by atoms with van der Waals surface area (Å²) < 4.78 is 52.2. The van der Waals surface area contributed by atoms with E-state index in [-0.39, 0.29) is 17.2 Å². The van der Waals surface area contributed by atoms with E-state index in [1.807, 2.05) is 0 Å². The molecule has 0 unspecified atom stereocenters. The fourth-order valence-corrected chi connectivity index (χ4v) is 3.20. The van der Waals surface area contributed by atoms with E-state index in [1.54, 1.807) is 11.8 Å². The van der Waals surface area contributed by atoms with Crippen LogP contribution in [0, 0.1) is 5.82 Å². The molecule has 3 nitrogen and oxygen atoms in total. The van der Waals surface area contributed by atoms with Crippen molar-refractivity contribution in [2.75, 3.05) is 5.73 Å². The standard InChI is InChI=1S/C13H9F4N3S/c14-6-1-2-7(9(3-6)13(15,16)17)12-19-10-5-21-4-8(10)11(18)20-12/h1-3H,4-5H2,(H2,18,19,20). The fourth-order valence-electron chi connectivity index (χ4n) is 2.14. The number of benzene rings is 1. The van der Waals surface area contributed by atoms with E-state index < -0.39 is 17.6 Å². The zero-order valence-electron chi connectivity index (χ0n) is 10.5. The van der Waals surface area contributed by atoms with Gasteiger partial charge in [0.25, 0.3) is 0 Å². The summed E-state index contributed by atoms with van der Waals surface area (Å²) in [5.74, 6) is 0.323. The zero-order chi connectivity index (χ0) is 15.2. The van der Waals surface area contributed by atoms with Gasteiger partial charge in [-0.15, -0.1) is 0 Å². The number of hydrogen-bond acceptors (Lipinski definition) is 4. The molecule has 0 amide bonds. The van der Waals surface area contributed by atoms with Gasteiger partial charge in [0.2, 0.25) is 0 Å². The Morgan fingerprint density at radius 3 is 2.62 bits per heavy atom. The average molecular weight is 315 g/mol. The van der Waals surface area contributed by atoms with Crippen LogP contribution < -0.4 is 5.73 Å². The molecular weight excluding hydrogens is 306 g/mol. The Bertz CT molecular complexity index is 715. The molecule has 1 aliphatic heterocycles. The van der Waals surface area contributed by atoms with Gasteiger partial charge in [0.1, 0.15) is 11.6 Å². The zero-order valence-corrected chi connectivity index (χ0v) is 11.4. The maximum Gasteiger partial charge on any atom is 0.417 e. The lowest BCUT2D eigenvalue weighted by Crippen LogP contribution is -2.10. The second-order valence-corrected chi connectivity index (χ2v) is 5.52. The first-order valence-corrected chi connectivity index (χ1v) is 7.12. The first kappa shape index (κ1) is 14.1. The van der Waals surface area contributed by atoms with E-state index in [0.29, 0.717) is 23.3 Å². The van der Waals surface area contributed by atoms with Crippen LogP contribution in [-0.4, -0.2) is 9.97 Å². The van der Waals surface area contributed by atoms with E-state index in [1.165, 1.54) is 0 Å². The molecule has 0 bridgehead atoms. The van der Waals surface area contributed by atoms with E-state index in [9.17, 15) is 17.6 Å². The summed E-state index contributed by atoms with van der Waals surface area (Å²) in [4.78, 5) is 8.10. The number of thioether (sulfide) groups is 1. The maximum atomic E-state index is 13.1. The highest BCUT2D eigenvalue weighted by atomic mass is 32.2. The van der Waals surface area contributed by atoms with Crippen LogP contribution in [0.1, 0.15) is 16.8 Å². The van der Waals surface area contributed by atoms with Crippen LogP contribution in [0.2, 0.25) is 0 Å². The Balaban J connectivity index is 2.20. The van der Waals surface area contributed by atoms with Crippen LogP contribution in [0.25, 0.3) is 11.4 Å². The molecule has 1 aromatic heterocycles. The SMILES string of the molecule is Nc1nc(-c2ccc(F)cc2C(F)(F)F)nc2c1CSC2. The fraction of sp³-hybridized carbons (Fsp3) is 0.231. The van der Waals surface area contributed by atoms with E-state index in [0.717, 1.165) is 17.7 Å². The molecule has 0 spiro atoms. The molecule has 0 saturated carbocycles. The van der Waals surface area contributed by atoms with Gasteiger partial charge in [-0.05, 0) is 18.2 Å². The minimum atomic E-state index is -4.69. The average Bonchev–Trinajstić information content (AvgIpc) is 2.86. The third-order valence-electron chi connectivity index (χ3n) is 3.14. The number of halogens is 4. The molecule has 0 atom stereocenters. The Hall–Kier alpha value is -1.83. The lowest BCUT2D eigenvalue weighted by molar-refractivity contribution is -0.137. The van der Waals surface area contributed by atoms with Crippen molar-refractivity contribution in [1.29, 1.82) is 0 Å². The van der Waals surface area contributed by atoms with Crippen LogP contribution in [0.5, 0.6) is 0 Å². The molecule has 0 radical (unpaired) electrons. The monoisotopic (exact) mass is 315 g/mol. The Morgan fingerprint density at radius 2 is 1.90 bits per heavy atom. The van der Waals surface area contributed by atoms with Crippen molar-refractivity contribution in [3.63, 3.8) is 0 Å². The minimum absolute atomic E-state index is 0.124. The number of nitrogen functional groups attached to an aromatic ring is 1. The number of rotatable bonds is 1. The first-order valence-electron chi connectivity index (χ1n) is 5.96. The summed E-state index contributed by atoms with van der Waals surface area (Å²) in [6.07, 6.45) is -4.69. The summed E-state index contributed by atoms with van der Waals surface area (Å²) in [6.45, 7) is 0. The molecule has 1 aliphatic rings. The number of nitrogens with zero attached hydrogens (tertiary/aromatic N) is 2. The van der Waals surface area contributed by atoms with E-state index in [4.69, 9.17) is 5.73 Å². The molecule has 3 rings (SSSR count). The van der Waals surface area contributed by atoms with Crippen molar-refractivity contribution in [2.24, 2.45) is 0 Å². The number of anilines is 1. The van der Waals surface area contributed by atoms with Crippen molar-refractivity contribution in [3.8, 4) is 11.4 Å². The molecule has 110 valence electrons. The van der Waals surface area contributed by atoms with Crippen molar-refractivity contribution in [3.05, 3.63) is 40.8 Å². The first-order chi connectivity index (χ1) is 9.86. The van der Waals surface area contributed by atoms with Gasteiger partial charge in [0, 0.05) is 22.6 Å². The third kappa shape index (κ3) is 2.55. The predicted octanol–water partition coefficient (Wildman–Crippen LogP) is 3.63. The second-order valence-electron chi connectivity index (χ2n) is 4.54. The molecule has 1 aromatic carbocycles. The van der Waals surface area contributed by atoms with Crippen molar-refractivity contribution in [2.45, 2.75) is 17.7 Å². The van der Waals surface area contributed by atoms with E-state index >= 15 is 0 Å². The molecule has 8 heteroatoms. The summed E-state index contributed by atoms with van der Waals surface area (Å²) in [6, 6.07) is 2.42. The van der Waals surface area contributed by atoms with Crippen LogP contribution in [0.15, 0.2) is 18.2 Å². The summed E-state index contributed by atoms with van der Waals surface area (Å²) in [5.41, 5.74) is 5.81. The highest BCUT2D eigenvalue weighted by Gasteiger charge is 2.35. The van der Waals surface area contributed by atoms with Crippen molar-refractivity contribution in [1.82, 2.24) is 9.97 Å². The Morgan fingerprint density at radius 1 is 1.14 bits per heavy atom. The summed E-state index contributed by atoms with van der Waals surface area (Å²) in [5, 5.41) is 0. The Labute approximate surface area is 121 Å². The summed E-state index contributed by atoms with van der Waals surface area (Å²) >= 11 is 1.57.